The third kappa shape index (κ3) is 3.40. The van der Waals surface area contributed by atoms with E-state index in [1.807, 2.05) is 0 Å². The summed E-state index contributed by atoms with van der Waals surface area (Å²) < 4.78 is 16.9. The lowest BCUT2D eigenvalue weighted by Gasteiger charge is -2.61. The number of esters is 1. The summed E-state index contributed by atoms with van der Waals surface area (Å²) in [5.74, 6) is 2.97. The molecule has 0 bridgehead atoms. The molecule has 5 rings (SSSR count). The van der Waals surface area contributed by atoms with E-state index in [0.717, 1.165) is 32.1 Å². The average molecular weight is 447 g/mol. The van der Waals surface area contributed by atoms with Crippen LogP contribution in [0.3, 0.4) is 0 Å². The maximum atomic E-state index is 13.6. The number of Topliss-reactive ketones (excluding diaryl/α,β-unsaturated/α-hetero) is 1. The van der Waals surface area contributed by atoms with Gasteiger partial charge in [-0.25, -0.2) is 0 Å². The molecule has 1 aliphatic heterocycles. The van der Waals surface area contributed by atoms with Crippen molar-refractivity contribution >= 4 is 11.8 Å². The van der Waals surface area contributed by atoms with Crippen LogP contribution in [0.5, 0.6) is 0 Å². The molecule has 32 heavy (non-hydrogen) atoms. The van der Waals surface area contributed by atoms with E-state index in [4.69, 9.17) is 14.2 Å². The molecule has 4 aliphatic carbocycles. The molecule has 5 nitrogen and oxygen atoms in total. The van der Waals surface area contributed by atoms with Gasteiger partial charge in [-0.1, -0.05) is 20.8 Å². The molecule has 0 aromatic heterocycles. The fraction of sp³-hybridized carbons (Fsp3) is 0.926. The van der Waals surface area contributed by atoms with Crippen LogP contribution in [-0.2, 0) is 23.8 Å². The zero-order chi connectivity index (χ0) is 22.7. The Morgan fingerprint density at radius 1 is 1.06 bits per heavy atom. The highest BCUT2D eigenvalue weighted by molar-refractivity contribution is 5.83. The van der Waals surface area contributed by atoms with Crippen LogP contribution in [0.25, 0.3) is 0 Å². The first-order chi connectivity index (χ1) is 15.2. The van der Waals surface area contributed by atoms with Crippen molar-refractivity contribution in [3.8, 4) is 0 Å². The SMILES string of the molecule is COC(=O)CCC(C)C1CCC2C3CC(=O)[C@H]4CC5(CC[C@]4(C)C3CC[C@]12C)OCCO5. The molecule has 0 aromatic carbocycles. The Morgan fingerprint density at radius 3 is 2.50 bits per heavy atom. The first-order valence-electron chi connectivity index (χ1n) is 13.1. The molecular weight excluding hydrogens is 404 g/mol. The normalized spacial score (nSPS) is 45.8. The van der Waals surface area contributed by atoms with E-state index in [9.17, 15) is 9.59 Å². The minimum absolute atomic E-state index is 0.0936. The molecule has 0 N–H and O–H groups in total. The Bertz CT molecular complexity index is 757. The van der Waals surface area contributed by atoms with Gasteiger partial charge >= 0.3 is 5.97 Å². The van der Waals surface area contributed by atoms with Gasteiger partial charge < -0.3 is 14.2 Å². The van der Waals surface area contributed by atoms with Gasteiger partial charge in [0, 0.05) is 31.6 Å². The van der Waals surface area contributed by atoms with E-state index in [1.165, 1.54) is 32.8 Å². The Balaban J connectivity index is 1.34. The number of fused-ring (bicyclic) bond motifs is 5. The largest absolute Gasteiger partial charge is 0.469 e. The minimum Gasteiger partial charge on any atom is -0.469 e. The lowest BCUT2D eigenvalue weighted by atomic mass is 9.44. The summed E-state index contributed by atoms with van der Waals surface area (Å²) >= 11 is 0. The number of ketones is 1. The smallest absolute Gasteiger partial charge is 0.305 e. The van der Waals surface area contributed by atoms with Crippen LogP contribution in [0, 0.1) is 46.3 Å². The second-order valence-corrected chi connectivity index (χ2v) is 12.2. The van der Waals surface area contributed by atoms with Crippen molar-refractivity contribution in [3.05, 3.63) is 0 Å². The molecule has 5 fully saturated rings. The molecule has 0 aromatic rings. The Morgan fingerprint density at radius 2 is 1.78 bits per heavy atom. The number of methoxy groups -OCH3 is 1. The van der Waals surface area contributed by atoms with Gasteiger partial charge in [0.1, 0.15) is 5.78 Å². The summed E-state index contributed by atoms with van der Waals surface area (Å²) in [7, 11) is 1.48. The zero-order valence-corrected chi connectivity index (χ0v) is 20.5. The molecule has 1 spiro atoms. The summed E-state index contributed by atoms with van der Waals surface area (Å²) in [4.78, 5) is 25.3. The lowest BCUT2D eigenvalue weighted by molar-refractivity contribution is -0.226. The molecule has 5 unspecified atom stereocenters. The summed E-state index contributed by atoms with van der Waals surface area (Å²) in [5, 5.41) is 0. The zero-order valence-electron chi connectivity index (χ0n) is 20.5. The molecule has 180 valence electrons. The second kappa shape index (κ2) is 8.08. The lowest BCUT2D eigenvalue weighted by Crippen LogP contribution is -2.59. The highest BCUT2D eigenvalue weighted by Gasteiger charge is 2.64. The van der Waals surface area contributed by atoms with Crippen LogP contribution in [0.2, 0.25) is 0 Å². The van der Waals surface area contributed by atoms with Gasteiger partial charge in [-0.05, 0) is 78.9 Å². The topological polar surface area (TPSA) is 61.8 Å². The molecule has 1 heterocycles. The molecule has 5 aliphatic rings. The fourth-order valence-electron chi connectivity index (χ4n) is 9.35. The van der Waals surface area contributed by atoms with Crippen molar-refractivity contribution in [2.45, 2.75) is 90.8 Å². The first kappa shape index (κ1) is 22.8. The third-order valence-corrected chi connectivity index (χ3v) is 11.1. The van der Waals surface area contributed by atoms with Crippen molar-refractivity contribution in [1.29, 1.82) is 0 Å². The van der Waals surface area contributed by atoms with Gasteiger partial charge in [-0.3, -0.25) is 9.59 Å². The van der Waals surface area contributed by atoms with E-state index < -0.39 is 5.79 Å². The van der Waals surface area contributed by atoms with Crippen molar-refractivity contribution < 1.29 is 23.8 Å². The molecule has 8 atom stereocenters. The van der Waals surface area contributed by atoms with E-state index in [1.54, 1.807) is 0 Å². The molecule has 5 heteroatoms. The summed E-state index contributed by atoms with van der Waals surface area (Å²) in [6, 6.07) is 0. The predicted octanol–water partition coefficient (Wildman–Crippen LogP) is 5.16. The number of carbonyl (C=O) groups is 2. The number of rotatable bonds is 4. The third-order valence-electron chi connectivity index (χ3n) is 11.1. The maximum absolute atomic E-state index is 13.6. The van der Waals surface area contributed by atoms with E-state index >= 15 is 0 Å². The average Bonchev–Trinajstić information content (AvgIpc) is 3.37. The van der Waals surface area contributed by atoms with Gasteiger partial charge in [0.05, 0.1) is 20.3 Å². The molecule has 1 saturated heterocycles. The van der Waals surface area contributed by atoms with Crippen LogP contribution < -0.4 is 0 Å². The van der Waals surface area contributed by atoms with Gasteiger partial charge in [0.15, 0.2) is 5.79 Å². The standard InChI is InChI=1S/C27H42O5/c1-17(5-8-24(29)30-4)19-6-7-20-18-15-23(28)22-16-27(31-13-14-32-27)12-11-26(22,3)21(18)9-10-25(19,20)2/h17-22H,5-16H2,1-4H3/t17?,18?,19?,20?,21?,22-,25-,26-/m1/s1. The van der Waals surface area contributed by atoms with Crippen molar-refractivity contribution in [2.24, 2.45) is 46.3 Å². The van der Waals surface area contributed by atoms with Gasteiger partial charge in [0.2, 0.25) is 0 Å². The van der Waals surface area contributed by atoms with Crippen molar-refractivity contribution in [2.75, 3.05) is 20.3 Å². The molecule has 0 radical (unpaired) electrons. The van der Waals surface area contributed by atoms with Crippen LogP contribution >= 0.6 is 0 Å². The summed E-state index contributed by atoms with van der Waals surface area (Å²) in [5.41, 5.74) is 0.393. The second-order valence-electron chi connectivity index (χ2n) is 12.2. The Hall–Kier alpha value is -0.940. The molecular formula is C27H42O5. The van der Waals surface area contributed by atoms with E-state index in [0.29, 0.717) is 60.4 Å². The number of ether oxygens (including phenoxy) is 3. The summed E-state index contributed by atoms with van der Waals surface area (Å²) in [6.07, 6.45) is 9.93. The first-order valence-corrected chi connectivity index (χ1v) is 13.1. The monoisotopic (exact) mass is 446 g/mol. The van der Waals surface area contributed by atoms with Crippen molar-refractivity contribution in [3.63, 3.8) is 0 Å². The van der Waals surface area contributed by atoms with Gasteiger partial charge in [0.25, 0.3) is 0 Å². The minimum atomic E-state index is -0.483. The van der Waals surface area contributed by atoms with Crippen LogP contribution in [-0.4, -0.2) is 37.9 Å². The van der Waals surface area contributed by atoms with Gasteiger partial charge in [-0.2, -0.15) is 0 Å². The van der Waals surface area contributed by atoms with E-state index in [-0.39, 0.29) is 17.3 Å². The molecule has 0 amide bonds. The van der Waals surface area contributed by atoms with Crippen LogP contribution in [0.15, 0.2) is 0 Å². The maximum Gasteiger partial charge on any atom is 0.305 e. The Labute approximate surface area is 193 Å². The molecule has 4 saturated carbocycles. The number of hydrogen-bond donors (Lipinski definition) is 0. The van der Waals surface area contributed by atoms with Crippen LogP contribution in [0.1, 0.15) is 85.0 Å². The van der Waals surface area contributed by atoms with Crippen molar-refractivity contribution in [1.82, 2.24) is 0 Å². The number of carbonyl (C=O) groups excluding carboxylic acids is 2. The summed E-state index contributed by atoms with van der Waals surface area (Å²) in [6.45, 7) is 8.59. The quantitative estimate of drug-likeness (QED) is 0.559. The Kier molecular flexibility index (Phi) is 5.76. The number of hydrogen-bond acceptors (Lipinski definition) is 5. The van der Waals surface area contributed by atoms with Crippen LogP contribution in [0.4, 0.5) is 0 Å². The fourth-order valence-corrected chi connectivity index (χ4v) is 9.35. The van der Waals surface area contributed by atoms with E-state index in [2.05, 4.69) is 20.8 Å². The highest BCUT2D eigenvalue weighted by atomic mass is 16.7. The highest BCUT2D eigenvalue weighted by Crippen LogP contribution is 2.68. The van der Waals surface area contributed by atoms with Gasteiger partial charge in [-0.15, -0.1) is 0 Å². The predicted molar refractivity (Wildman–Crippen MR) is 121 cm³/mol.